The Bertz CT molecular complexity index is 325. The maximum absolute atomic E-state index is 11.9. The highest BCUT2D eigenvalue weighted by Gasteiger charge is 2.32. The highest BCUT2D eigenvalue weighted by atomic mass is 16.6. The summed E-state index contributed by atoms with van der Waals surface area (Å²) in [6.45, 7) is 6.22. The number of carbonyl (C=O) groups is 2. The number of hydrogen-bond acceptors (Lipinski definition) is 4. The molecule has 1 heterocycles. The van der Waals surface area contributed by atoms with Crippen LogP contribution in [0.5, 0.6) is 0 Å². The molecule has 18 heavy (non-hydrogen) atoms. The number of nitrogens with two attached hydrogens (primary N) is 1. The molecule has 0 spiro atoms. The number of carbonyl (C=O) groups excluding carboxylic acids is 1. The summed E-state index contributed by atoms with van der Waals surface area (Å²) in [5.74, 6) is -1.48. The summed E-state index contributed by atoms with van der Waals surface area (Å²) in [6.07, 6.45) is 0.451. The Balaban J connectivity index is 2.61. The highest BCUT2D eigenvalue weighted by Crippen LogP contribution is 2.19. The molecule has 0 unspecified atom stereocenters. The normalized spacial score (nSPS) is 25.4. The third kappa shape index (κ3) is 4.18. The molecule has 0 saturated carbocycles. The number of carboxylic acids is 1. The van der Waals surface area contributed by atoms with Gasteiger partial charge in [-0.15, -0.1) is 0 Å². The molecule has 0 radical (unpaired) electrons. The van der Waals surface area contributed by atoms with E-state index in [4.69, 9.17) is 15.6 Å². The van der Waals surface area contributed by atoms with Crippen LogP contribution in [0.15, 0.2) is 0 Å². The maximum atomic E-state index is 11.9. The lowest BCUT2D eigenvalue weighted by molar-refractivity contribution is -0.142. The molecule has 0 aliphatic carbocycles. The molecule has 6 nitrogen and oxygen atoms in total. The Kier molecular flexibility index (Phi) is 4.56. The molecular formula is C12H22N2O4. The molecule has 1 fully saturated rings. The summed E-state index contributed by atoms with van der Waals surface area (Å²) >= 11 is 0. The van der Waals surface area contributed by atoms with Crippen LogP contribution in [-0.4, -0.2) is 46.8 Å². The van der Waals surface area contributed by atoms with Gasteiger partial charge in [0.05, 0.1) is 5.92 Å². The van der Waals surface area contributed by atoms with Gasteiger partial charge in [0, 0.05) is 19.1 Å². The molecular weight excluding hydrogens is 236 g/mol. The van der Waals surface area contributed by atoms with Gasteiger partial charge >= 0.3 is 12.1 Å². The fraction of sp³-hybridized carbons (Fsp3) is 0.833. The van der Waals surface area contributed by atoms with Crippen molar-refractivity contribution >= 4 is 12.1 Å². The van der Waals surface area contributed by atoms with Crippen molar-refractivity contribution in [2.45, 2.75) is 45.3 Å². The highest BCUT2D eigenvalue weighted by molar-refractivity contribution is 5.72. The van der Waals surface area contributed by atoms with Crippen molar-refractivity contribution in [3.05, 3.63) is 0 Å². The van der Waals surface area contributed by atoms with Crippen molar-refractivity contribution in [2.75, 3.05) is 13.1 Å². The lowest BCUT2D eigenvalue weighted by Crippen LogP contribution is -2.37. The molecule has 3 N–H and O–H groups in total. The van der Waals surface area contributed by atoms with Gasteiger partial charge in [0.15, 0.2) is 0 Å². The van der Waals surface area contributed by atoms with Gasteiger partial charge in [-0.25, -0.2) is 4.79 Å². The lowest BCUT2D eigenvalue weighted by atomic mass is 9.96. The topological polar surface area (TPSA) is 92.9 Å². The van der Waals surface area contributed by atoms with Gasteiger partial charge in [0.25, 0.3) is 0 Å². The standard InChI is InChI=1S/C12H22N2O4/c1-12(2,3)18-11(17)14-6-4-8(10(15)16)9(13)5-7-14/h8-9H,4-7,13H2,1-3H3,(H,15,16)/t8-,9-/m1/s1. The van der Waals surface area contributed by atoms with E-state index in [0.29, 0.717) is 25.9 Å². The van der Waals surface area contributed by atoms with E-state index in [1.54, 1.807) is 20.8 Å². The monoisotopic (exact) mass is 258 g/mol. The second-order valence-electron chi connectivity index (χ2n) is 5.65. The summed E-state index contributed by atoms with van der Waals surface area (Å²) in [5, 5.41) is 9.03. The van der Waals surface area contributed by atoms with E-state index < -0.39 is 29.6 Å². The molecule has 1 aliphatic rings. The maximum Gasteiger partial charge on any atom is 0.410 e. The lowest BCUT2D eigenvalue weighted by Gasteiger charge is -2.26. The zero-order valence-electron chi connectivity index (χ0n) is 11.2. The molecule has 1 saturated heterocycles. The number of rotatable bonds is 1. The molecule has 2 atom stereocenters. The number of likely N-dealkylation sites (tertiary alicyclic amines) is 1. The molecule has 1 rings (SSSR count). The van der Waals surface area contributed by atoms with Gasteiger partial charge in [-0.2, -0.15) is 0 Å². The minimum Gasteiger partial charge on any atom is -0.481 e. The number of amides is 1. The SMILES string of the molecule is CC(C)(C)OC(=O)N1CC[C@@H](N)[C@H](C(=O)O)CC1. The minimum atomic E-state index is -0.895. The van der Waals surface area contributed by atoms with Crippen molar-refractivity contribution < 1.29 is 19.4 Å². The number of ether oxygens (including phenoxy) is 1. The largest absolute Gasteiger partial charge is 0.481 e. The number of carboxylic acid groups (broad SMARTS) is 1. The second-order valence-corrected chi connectivity index (χ2v) is 5.65. The summed E-state index contributed by atoms with van der Waals surface area (Å²) in [7, 11) is 0. The third-order valence-corrected chi connectivity index (χ3v) is 2.93. The van der Waals surface area contributed by atoms with E-state index in [9.17, 15) is 9.59 Å². The summed E-state index contributed by atoms with van der Waals surface area (Å²) in [6, 6.07) is -0.407. The quantitative estimate of drug-likeness (QED) is 0.733. The van der Waals surface area contributed by atoms with E-state index in [-0.39, 0.29) is 0 Å². The van der Waals surface area contributed by atoms with Crippen LogP contribution in [0.25, 0.3) is 0 Å². The molecule has 104 valence electrons. The average Bonchev–Trinajstić information content (AvgIpc) is 2.37. The van der Waals surface area contributed by atoms with E-state index in [2.05, 4.69) is 0 Å². The van der Waals surface area contributed by atoms with Gasteiger partial charge in [-0.05, 0) is 33.6 Å². The van der Waals surface area contributed by atoms with Crippen LogP contribution >= 0.6 is 0 Å². The Morgan fingerprint density at radius 2 is 1.83 bits per heavy atom. The first-order valence-corrected chi connectivity index (χ1v) is 6.17. The Labute approximate surface area is 107 Å². The predicted molar refractivity (Wildman–Crippen MR) is 66.1 cm³/mol. The smallest absolute Gasteiger partial charge is 0.410 e. The van der Waals surface area contributed by atoms with Crippen molar-refractivity contribution in [1.29, 1.82) is 0 Å². The van der Waals surface area contributed by atoms with Gasteiger partial charge in [0.2, 0.25) is 0 Å². The first-order valence-electron chi connectivity index (χ1n) is 6.17. The van der Waals surface area contributed by atoms with E-state index in [1.165, 1.54) is 4.90 Å². The third-order valence-electron chi connectivity index (χ3n) is 2.93. The number of nitrogens with zero attached hydrogens (tertiary/aromatic N) is 1. The molecule has 0 aromatic heterocycles. The molecule has 0 bridgehead atoms. The molecule has 0 aromatic carbocycles. The molecule has 1 amide bonds. The van der Waals surface area contributed by atoms with Crippen molar-refractivity contribution in [3.63, 3.8) is 0 Å². The Morgan fingerprint density at radius 1 is 1.28 bits per heavy atom. The van der Waals surface area contributed by atoms with Crippen LogP contribution in [0.4, 0.5) is 4.79 Å². The number of aliphatic carboxylic acids is 1. The summed E-state index contributed by atoms with van der Waals surface area (Å²) < 4.78 is 5.26. The molecule has 1 aliphatic heterocycles. The Morgan fingerprint density at radius 3 is 2.33 bits per heavy atom. The van der Waals surface area contributed by atoms with E-state index in [0.717, 1.165) is 0 Å². The summed E-state index contributed by atoms with van der Waals surface area (Å²) in [5.41, 5.74) is 5.27. The first kappa shape index (κ1) is 14.8. The van der Waals surface area contributed by atoms with Gasteiger partial charge < -0.3 is 20.5 Å². The van der Waals surface area contributed by atoms with Gasteiger partial charge in [0.1, 0.15) is 5.60 Å². The molecule has 0 aromatic rings. The first-order chi connectivity index (χ1) is 8.20. The van der Waals surface area contributed by atoms with Gasteiger partial charge in [-0.1, -0.05) is 0 Å². The minimum absolute atomic E-state index is 0.371. The fourth-order valence-electron chi connectivity index (χ4n) is 1.94. The zero-order valence-corrected chi connectivity index (χ0v) is 11.2. The van der Waals surface area contributed by atoms with Crippen LogP contribution in [-0.2, 0) is 9.53 Å². The summed E-state index contributed by atoms with van der Waals surface area (Å²) in [4.78, 5) is 24.4. The fourth-order valence-corrected chi connectivity index (χ4v) is 1.94. The predicted octanol–water partition coefficient (Wildman–Crippen LogP) is 1.05. The van der Waals surface area contributed by atoms with Crippen molar-refractivity contribution in [1.82, 2.24) is 4.90 Å². The van der Waals surface area contributed by atoms with Crippen LogP contribution in [0.2, 0.25) is 0 Å². The zero-order chi connectivity index (χ0) is 13.9. The number of hydrogen-bond donors (Lipinski definition) is 2. The van der Waals surface area contributed by atoms with E-state index >= 15 is 0 Å². The van der Waals surface area contributed by atoms with E-state index in [1.807, 2.05) is 0 Å². The second kappa shape index (κ2) is 5.56. The average molecular weight is 258 g/mol. The van der Waals surface area contributed by atoms with Crippen LogP contribution < -0.4 is 5.73 Å². The van der Waals surface area contributed by atoms with Crippen LogP contribution in [0, 0.1) is 5.92 Å². The molecule has 6 heteroatoms. The van der Waals surface area contributed by atoms with Gasteiger partial charge in [-0.3, -0.25) is 4.79 Å². The van der Waals surface area contributed by atoms with Crippen molar-refractivity contribution in [3.8, 4) is 0 Å². The van der Waals surface area contributed by atoms with Crippen molar-refractivity contribution in [2.24, 2.45) is 11.7 Å². The Hall–Kier alpha value is -1.30. The van der Waals surface area contributed by atoms with Crippen LogP contribution in [0.1, 0.15) is 33.6 Å². The van der Waals surface area contributed by atoms with Crippen LogP contribution in [0.3, 0.4) is 0 Å².